The Kier molecular flexibility index (Phi) is 4.81. The van der Waals surface area contributed by atoms with Gasteiger partial charge in [0.1, 0.15) is 18.1 Å². The summed E-state index contributed by atoms with van der Waals surface area (Å²) in [6.45, 7) is 1.07. The Morgan fingerprint density at radius 1 is 1.26 bits per heavy atom. The van der Waals surface area contributed by atoms with Gasteiger partial charge in [-0.1, -0.05) is 30.3 Å². The van der Waals surface area contributed by atoms with Gasteiger partial charge in [-0.25, -0.2) is 0 Å². The molecule has 1 aliphatic heterocycles. The molecule has 4 nitrogen and oxygen atoms in total. The molecule has 1 atom stereocenters. The summed E-state index contributed by atoms with van der Waals surface area (Å²) in [5.41, 5.74) is 2.25. The van der Waals surface area contributed by atoms with Crippen LogP contribution in [0.3, 0.4) is 0 Å². The predicted octanol–water partition coefficient (Wildman–Crippen LogP) is 2.61. The minimum absolute atomic E-state index is 0.0504. The highest BCUT2D eigenvalue weighted by atomic mass is 16.5. The second-order valence-electron chi connectivity index (χ2n) is 5.71. The fraction of sp³-hybridized carbons (Fsp3) is 0.316. The predicted molar refractivity (Wildman–Crippen MR) is 88.8 cm³/mol. The first kappa shape index (κ1) is 15.4. The van der Waals surface area contributed by atoms with Crippen molar-refractivity contribution in [3.05, 3.63) is 59.7 Å². The Morgan fingerprint density at radius 3 is 2.87 bits per heavy atom. The van der Waals surface area contributed by atoms with Crippen molar-refractivity contribution >= 4 is 5.91 Å². The zero-order chi connectivity index (χ0) is 16.1. The number of nitrogens with one attached hydrogen (secondary N) is 1. The van der Waals surface area contributed by atoms with Crippen LogP contribution < -0.4 is 14.8 Å². The summed E-state index contributed by atoms with van der Waals surface area (Å²) in [4.78, 5) is 12.3. The van der Waals surface area contributed by atoms with Crippen LogP contribution in [0.4, 0.5) is 0 Å². The number of methoxy groups -OCH3 is 1. The van der Waals surface area contributed by atoms with Crippen LogP contribution in [0.15, 0.2) is 48.5 Å². The van der Waals surface area contributed by atoms with Crippen LogP contribution in [0.1, 0.15) is 11.1 Å². The summed E-state index contributed by atoms with van der Waals surface area (Å²) in [5, 5.41) is 3.01. The van der Waals surface area contributed by atoms with E-state index in [0.717, 1.165) is 23.5 Å². The van der Waals surface area contributed by atoms with Gasteiger partial charge in [-0.15, -0.1) is 0 Å². The molecule has 1 N–H and O–H groups in total. The molecule has 0 saturated heterocycles. The van der Waals surface area contributed by atoms with Crippen LogP contribution in [0.5, 0.6) is 11.5 Å². The van der Waals surface area contributed by atoms with Gasteiger partial charge >= 0.3 is 0 Å². The molecule has 0 radical (unpaired) electrons. The molecule has 3 rings (SSSR count). The van der Waals surface area contributed by atoms with E-state index in [0.29, 0.717) is 19.6 Å². The monoisotopic (exact) mass is 311 g/mol. The molecule has 1 aliphatic rings. The minimum atomic E-state index is -0.148. The first-order valence-corrected chi connectivity index (χ1v) is 7.87. The molecule has 0 aromatic heterocycles. The molecular weight excluding hydrogens is 290 g/mol. The molecule has 120 valence electrons. The first-order valence-electron chi connectivity index (χ1n) is 7.87. The largest absolute Gasteiger partial charge is 0.497 e. The van der Waals surface area contributed by atoms with E-state index < -0.39 is 0 Å². The minimum Gasteiger partial charge on any atom is -0.497 e. The number of benzene rings is 2. The van der Waals surface area contributed by atoms with Crippen LogP contribution in [0, 0.1) is 5.92 Å². The van der Waals surface area contributed by atoms with E-state index in [4.69, 9.17) is 9.47 Å². The fourth-order valence-electron chi connectivity index (χ4n) is 2.79. The quantitative estimate of drug-likeness (QED) is 0.923. The van der Waals surface area contributed by atoms with Gasteiger partial charge in [-0.3, -0.25) is 4.79 Å². The maximum atomic E-state index is 12.3. The highest BCUT2D eigenvalue weighted by molar-refractivity contribution is 5.79. The summed E-state index contributed by atoms with van der Waals surface area (Å²) in [7, 11) is 1.64. The molecule has 2 aromatic carbocycles. The topological polar surface area (TPSA) is 47.6 Å². The standard InChI is InChI=1S/C19H21NO3/c1-22-17-7-8-18-15(12-17)11-16(13-23-18)19(21)20-10-9-14-5-3-2-4-6-14/h2-8,12,16H,9-11,13H2,1H3,(H,20,21). The maximum absolute atomic E-state index is 12.3. The highest BCUT2D eigenvalue weighted by Gasteiger charge is 2.26. The summed E-state index contributed by atoms with van der Waals surface area (Å²) in [5.74, 6) is 1.54. The van der Waals surface area contributed by atoms with Gasteiger partial charge in [-0.05, 0) is 42.2 Å². The molecule has 0 fully saturated rings. The van der Waals surface area contributed by atoms with Crippen molar-refractivity contribution in [3.8, 4) is 11.5 Å². The number of ether oxygens (including phenoxy) is 2. The van der Waals surface area contributed by atoms with Gasteiger partial charge in [0.15, 0.2) is 0 Å². The Labute approximate surface area is 136 Å². The zero-order valence-corrected chi connectivity index (χ0v) is 13.2. The summed E-state index contributed by atoms with van der Waals surface area (Å²) >= 11 is 0. The molecule has 2 aromatic rings. The van der Waals surface area contributed by atoms with E-state index >= 15 is 0 Å². The second kappa shape index (κ2) is 7.18. The molecule has 0 aliphatic carbocycles. The van der Waals surface area contributed by atoms with Crippen molar-refractivity contribution in [2.24, 2.45) is 5.92 Å². The molecule has 1 unspecified atom stereocenters. The summed E-state index contributed by atoms with van der Waals surface area (Å²) < 4.78 is 10.9. The van der Waals surface area contributed by atoms with Crippen molar-refractivity contribution in [1.82, 2.24) is 5.32 Å². The second-order valence-corrected chi connectivity index (χ2v) is 5.71. The SMILES string of the molecule is COc1ccc2c(c1)CC(C(=O)NCCc1ccccc1)CO2. The number of carbonyl (C=O) groups is 1. The van der Waals surface area contributed by atoms with E-state index in [2.05, 4.69) is 17.4 Å². The van der Waals surface area contributed by atoms with Gasteiger partial charge in [0.05, 0.1) is 13.0 Å². The zero-order valence-electron chi connectivity index (χ0n) is 13.2. The highest BCUT2D eigenvalue weighted by Crippen LogP contribution is 2.30. The molecule has 0 spiro atoms. The molecule has 1 amide bonds. The van der Waals surface area contributed by atoms with Crippen LogP contribution >= 0.6 is 0 Å². The number of amides is 1. The average molecular weight is 311 g/mol. The number of rotatable bonds is 5. The number of fused-ring (bicyclic) bond motifs is 1. The smallest absolute Gasteiger partial charge is 0.226 e. The van der Waals surface area contributed by atoms with Crippen LogP contribution in [0.25, 0.3) is 0 Å². The van der Waals surface area contributed by atoms with Crippen molar-refractivity contribution in [2.45, 2.75) is 12.8 Å². The normalized spacial score (nSPS) is 16.1. The lowest BCUT2D eigenvalue weighted by atomic mass is 9.95. The Bertz CT molecular complexity index is 670. The number of carbonyl (C=O) groups excluding carboxylic acids is 1. The Hall–Kier alpha value is -2.49. The van der Waals surface area contributed by atoms with Gasteiger partial charge in [0.2, 0.25) is 5.91 Å². The summed E-state index contributed by atoms with van der Waals surface area (Å²) in [6, 6.07) is 15.9. The lowest BCUT2D eigenvalue weighted by molar-refractivity contribution is -0.126. The van der Waals surface area contributed by atoms with E-state index in [1.165, 1.54) is 5.56 Å². The van der Waals surface area contributed by atoms with Gasteiger partial charge < -0.3 is 14.8 Å². The molecule has 1 heterocycles. The lowest BCUT2D eigenvalue weighted by Crippen LogP contribution is -2.38. The van der Waals surface area contributed by atoms with Crippen LogP contribution in [0.2, 0.25) is 0 Å². The molecule has 0 saturated carbocycles. The van der Waals surface area contributed by atoms with E-state index in [1.54, 1.807) is 7.11 Å². The molecule has 23 heavy (non-hydrogen) atoms. The number of hydrogen-bond donors (Lipinski definition) is 1. The average Bonchev–Trinajstić information content (AvgIpc) is 2.61. The Balaban J connectivity index is 1.54. The third kappa shape index (κ3) is 3.83. The van der Waals surface area contributed by atoms with E-state index in [1.807, 2.05) is 36.4 Å². The first-order chi connectivity index (χ1) is 11.3. The van der Waals surface area contributed by atoms with Crippen LogP contribution in [-0.4, -0.2) is 26.2 Å². The van der Waals surface area contributed by atoms with Crippen molar-refractivity contribution in [1.29, 1.82) is 0 Å². The van der Waals surface area contributed by atoms with Gasteiger partial charge in [0.25, 0.3) is 0 Å². The summed E-state index contributed by atoms with van der Waals surface area (Å²) in [6.07, 6.45) is 1.52. The maximum Gasteiger partial charge on any atom is 0.226 e. The number of hydrogen-bond acceptors (Lipinski definition) is 3. The molecule has 4 heteroatoms. The van der Waals surface area contributed by atoms with Crippen LogP contribution in [-0.2, 0) is 17.6 Å². The van der Waals surface area contributed by atoms with Crippen molar-refractivity contribution in [3.63, 3.8) is 0 Å². The van der Waals surface area contributed by atoms with Gasteiger partial charge in [0, 0.05) is 6.54 Å². The van der Waals surface area contributed by atoms with Crippen molar-refractivity contribution < 1.29 is 14.3 Å². The third-order valence-electron chi connectivity index (χ3n) is 4.10. The van der Waals surface area contributed by atoms with Crippen molar-refractivity contribution in [2.75, 3.05) is 20.3 Å². The molecular formula is C19H21NO3. The fourth-order valence-corrected chi connectivity index (χ4v) is 2.79. The Morgan fingerprint density at radius 2 is 2.09 bits per heavy atom. The molecule has 0 bridgehead atoms. The third-order valence-corrected chi connectivity index (χ3v) is 4.10. The lowest BCUT2D eigenvalue weighted by Gasteiger charge is -2.25. The van der Waals surface area contributed by atoms with E-state index in [-0.39, 0.29) is 11.8 Å². The van der Waals surface area contributed by atoms with Gasteiger partial charge in [-0.2, -0.15) is 0 Å². The van der Waals surface area contributed by atoms with E-state index in [9.17, 15) is 4.79 Å².